The molecule has 0 spiro atoms. The molecule has 0 fully saturated rings. The Morgan fingerprint density at radius 3 is 2.43 bits per heavy atom. The van der Waals surface area contributed by atoms with Crippen LogP contribution in [0.4, 0.5) is 4.79 Å². The Hall–Kier alpha value is -3.07. The Balaban J connectivity index is 1.74. The molecule has 0 saturated carbocycles. The number of fused-ring (bicyclic) bond motifs is 1. The number of carbonyl (C=O) groups is 2. The number of rotatable bonds is 6. The molecule has 8 nitrogen and oxygen atoms in total. The van der Waals surface area contributed by atoms with Gasteiger partial charge in [-0.2, -0.15) is 4.79 Å². The number of benzene rings is 1. The number of nitrogens with one attached hydrogen (secondary N) is 1. The molecule has 1 aliphatic heterocycles. The van der Waals surface area contributed by atoms with E-state index in [0.717, 1.165) is 16.8 Å². The summed E-state index contributed by atoms with van der Waals surface area (Å²) in [5, 5.41) is 2.86. The Morgan fingerprint density at radius 1 is 1.20 bits per heavy atom. The zero-order valence-electron chi connectivity index (χ0n) is 21.2. The van der Waals surface area contributed by atoms with Crippen LogP contribution >= 0.6 is 0 Å². The van der Waals surface area contributed by atoms with E-state index in [1.165, 1.54) is 6.20 Å². The number of sulfone groups is 1. The summed E-state index contributed by atoms with van der Waals surface area (Å²) in [5.74, 6) is -0.148. The quantitative estimate of drug-likeness (QED) is 0.599. The normalized spacial score (nSPS) is 15.9. The second-order valence-electron chi connectivity index (χ2n) is 9.96. The highest BCUT2D eigenvalue weighted by Gasteiger charge is 2.41. The van der Waals surface area contributed by atoms with Gasteiger partial charge in [0, 0.05) is 18.7 Å². The van der Waals surface area contributed by atoms with Crippen molar-refractivity contribution in [3.63, 3.8) is 0 Å². The van der Waals surface area contributed by atoms with Gasteiger partial charge in [-0.3, -0.25) is 9.78 Å². The summed E-state index contributed by atoms with van der Waals surface area (Å²) in [6.07, 6.45) is 3.37. The molecule has 2 heterocycles. The Labute approximate surface area is 207 Å². The summed E-state index contributed by atoms with van der Waals surface area (Å²) in [6, 6.07) is 8.03. The van der Waals surface area contributed by atoms with E-state index in [1.807, 2.05) is 40.7 Å². The lowest BCUT2D eigenvalue weighted by Gasteiger charge is -2.25. The van der Waals surface area contributed by atoms with Crippen LogP contribution in [0.25, 0.3) is 0 Å². The standard InChI is InChI=1S/C26H33N3O5S/c1-7-35(32,33)21-10-8-18(9-11-21)15-28-24(30)20-14-19-12-13-29(25(31)34-26(4,5)6)23(17(2)3)22(19)27-16-20/h8-11,13-14,16-17,23H,7,12,15H2,1-6H3/p+1/t23-/m1/s1. The molecule has 1 aliphatic rings. The second-order valence-corrected chi connectivity index (χ2v) is 12.2. The minimum atomic E-state index is -3.26. The van der Waals surface area contributed by atoms with E-state index in [4.69, 9.17) is 4.74 Å². The average Bonchev–Trinajstić information content (AvgIpc) is 2.80. The number of carbonyl (C=O) groups excluding carboxylic acids is 2. The minimum Gasteiger partial charge on any atom is -0.406 e. The largest absolute Gasteiger partial charge is 0.597 e. The molecule has 0 aliphatic carbocycles. The molecule has 2 amide bonds. The molecular formula is C26H34N3O5S+. The van der Waals surface area contributed by atoms with E-state index in [1.54, 1.807) is 42.0 Å². The van der Waals surface area contributed by atoms with Crippen LogP contribution < -0.4 is 5.32 Å². The first-order chi connectivity index (χ1) is 16.3. The second kappa shape index (κ2) is 10.3. The van der Waals surface area contributed by atoms with Gasteiger partial charge in [0.1, 0.15) is 11.3 Å². The molecule has 1 aromatic heterocycles. The van der Waals surface area contributed by atoms with E-state index in [2.05, 4.69) is 10.3 Å². The summed E-state index contributed by atoms with van der Waals surface area (Å²) in [5.41, 5.74) is 2.27. The van der Waals surface area contributed by atoms with Gasteiger partial charge >= 0.3 is 6.09 Å². The third-order valence-corrected chi connectivity index (χ3v) is 7.45. The van der Waals surface area contributed by atoms with Crippen molar-refractivity contribution in [1.29, 1.82) is 0 Å². The SMILES string of the molecule is CCS(=O)(=O)c1ccc(CNC(=O)c2cnc3c(c2)CC=[N+](C(=O)OC(C)(C)C)[C@@H]3C(C)C)cc1. The number of aromatic nitrogens is 1. The summed E-state index contributed by atoms with van der Waals surface area (Å²) in [7, 11) is -3.26. The number of pyridine rings is 1. The summed E-state index contributed by atoms with van der Waals surface area (Å²) < 4.78 is 31.1. The molecule has 1 aromatic carbocycles. The van der Waals surface area contributed by atoms with Gasteiger partial charge in [-0.05, 0) is 50.1 Å². The van der Waals surface area contributed by atoms with Crippen LogP contribution in [0.3, 0.4) is 0 Å². The molecule has 9 heteroatoms. The van der Waals surface area contributed by atoms with Crippen molar-refractivity contribution in [3.8, 4) is 0 Å². The monoisotopic (exact) mass is 500 g/mol. The van der Waals surface area contributed by atoms with Gasteiger partial charge in [-0.15, -0.1) is 4.58 Å². The molecule has 0 saturated heterocycles. The Kier molecular flexibility index (Phi) is 7.79. The fraction of sp³-hybridized carbons (Fsp3) is 0.462. The van der Waals surface area contributed by atoms with E-state index in [-0.39, 0.29) is 35.1 Å². The fourth-order valence-electron chi connectivity index (χ4n) is 3.92. The average molecular weight is 501 g/mol. The van der Waals surface area contributed by atoms with Crippen molar-refractivity contribution >= 4 is 28.1 Å². The number of amides is 2. The summed E-state index contributed by atoms with van der Waals surface area (Å²) in [4.78, 5) is 30.4. The molecule has 1 atom stereocenters. The number of ether oxygens (including phenoxy) is 1. The van der Waals surface area contributed by atoms with Crippen LogP contribution in [0.5, 0.6) is 0 Å². The van der Waals surface area contributed by atoms with Gasteiger partial charge in [-0.25, -0.2) is 8.42 Å². The predicted molar refractivity (Wildman–Crippen MR) is 133 cm³/mol. The van der Waals surface area contributed by atoms with Crippen LogP contribution in [0.2, 0.25) is 0 Å². The zero-order valence-corrected chi connectivity index (χ0v) is 22.0. The van der Waals surface area contributed by atoms with Crippen LogP contribution in [0.1, 0.15) is 74.8 Å². The van der Waals surface area contributed by atoms with Crippen molar-refractivity contribution < 1.29 is 27.3 Å². The minimum absolute atomic E-state index is 0.0407. The molecule has 3 rings (SSSR count). The number of hydrogen-bond donors (Lipinski definition) is 1. The van der Waals surface area contributed by atoms with E-state index >= 15 is 0 Å². The first-order valence-electron chi connectivity index (χ1n) is 11.8. The molecule has 1 N–H and O–H groups in total. The van der Waals surface area contributed by atoms with Crippen molar-refractivity contribution in [2.45, 2.75) is 71.0 Å². The van der Waals surface area contributed by atoms with Gasteiger partial charge in [0.15, 0.2) is 16.1 Å². The summed E-state index contributed by atoms with van der Waals surface area (Å²) >= 11 is 0. The lowest BCUT2D eigenvalue weighted by molar-refractivity contribution is -0.506. The molecule has 35 heavy (non-hydrogen) atoms. The predicted octanol–water partition coefficient (Wildman–Crippen LogP) is 4.08. The first-order valence-corrected chi connectivity index (χ1v) is 13.4. The van der Waals surface area contributed by atoms with Crippen LogP contribution in [0, 0.1) is 5.92 Å². The third kappa shape index (κ3) is 6.33. The topological polar surface area (TPSA) is 105 Å². The maximum absolute atomic E-state index is 12.8. The lowest BCUT2D eigenvalue weighted by Crippen LogP contribution is -2.38. The highest BCUT2D eigenvalue weighted by molar-refractivity contribution is 7.91. The zero-order chi connectivity index (χ0) is 26.0. The Morgan fingerprint density at radius 2 is 1.86 bits per heavy atom. The van der Waals surface area contributed by atoms with Crippen molar-refractivity contribution in [1.82, 2.24) is 10.3 Å². The van der Waals surface area contributed by atoms with Crippen LogP contribution in [0.15, 0.2) is 41.4 Å². The van der Waals surface area contributed by atoms with Gasteiger partial charge < -0.3 is 10.1 Å². The smallest absolute Gasteiger partial charge is 0.406 e. The van der Waals surface area contributed by atoms with E-state index < -0.39 is 21.5 Å². The van der Waals surface area contributed by atoms with Gasteiger partial charge in [0.25, 0.3) is 5.91 Å². The molecule has 188 valence electrons. The lowest BCUT2D eigenvalue weighted by atomic mass is 9.92. The third-order valence-electron chi connectivity index (χ3n) is 5.70. The van der Waals surface area contributed by atoms with Crippen molar-refractivity contribution in [2.24, 2.45) is 5.92 Å². The van der Waals surface area contributed by atoms with Crippen LogP contribution in [-0.4, -0.2) is 47.5 Å². The number of hydrogen-bond acceptors (Lipinski definition) is 6. The number of nitrogens with zero attached hydrogens (tertiary/aromatic N) is 2. The summed E-state index contributed by atoms with van der Waals surface area (Å²) in [6.45, 7) is 11.4. The van der Waals surface area contributed by atoms with E-state index in [9.17, 15) is 18.0 Å². The Bertz CT molecular complexity index is 1240. The maximum Gasteiger partial charge on any atom is 0.597 e. The van der Waals surface area contributed by atoms with Crippen LogP contribution in [-0.2, 0) is 27.5 Å². The molecule has 0 bridgehead atoms. The fourth-order valence-corrected chi connectivity index (χ4v) is 4.81. The van der Waals surface area contributed by atoms with Crippen molar-refractivity contribution in [3.05, 3.63) is 58.9 Å². The first kappa shape index (κ1) is 26.5. The van der Waals surface area contributed by atoms with Gasteiger partial charge in [0.2, 0.25) is 6.04 Å². The molecular weight excluding hydrogens is 466 g/mol. The maximum atomic E-state index is 12.8. The molecule has 0 unspecified atom stereocenters. The van der Waals surface area contributed by atoms with E-state index in [0.29, 0.717) is 12.0 Å². The van der Waals surface area contributed by atoms with Crippen molar-refractivity contribution in [2.75, 3.05) is 5.75 Å². The van der Waals surface area contributed by atoms with Gasteiger partial charge in [0.05, 0.1) is 22.6 Å². The molecule has 2 aromatic rings. The molecule has 0 radical (unpaired) electrons. The highest BCUT2D eigenvalue weighted by Crippen LogP contribution is 2.31. The highest BCUT2D eigenvalue weighted by atomic mass is 32.2. The van der Waals surface area contributed by atoms with Gasteiger partial charge in [-0.1, -0.05) is 32.9 Å².